The minimum atomic E-state index is -0.428. The Morgan fingerprint density at radius 1 is 1.80 bits per heavy atom. The van der Waals surface area contributed by atoms with E-state index in [2.05, 4.69) is 5.32 Å². The molecule has 1 amide bonds. The van der Waals surface area contributed by atoms with Crippen LogP contribution in [0, 0.1) is 5.92 Å². The average molecular weight is 143 g/mol. The number of amides is 1. The molecule has 3 nitrogen and oxygen atoms in total. The average Bonchev–Trinajstić information content (AvgIpc) is 2.63. The zero-order valence-electron chi connectivity index (χ0n) is 6.13. The molecule has 1 rings (SSSR count). The lowest BCUT2D eigenvalue weighted by atomic mass is 10.3. The Bertz CT molecular complexity index is 130. The van der Waals surface area contributed by atoms with Crippen molar-refractivity contribution in [1.29, 1.82) is 0 Å². The summed E-state index contributed by atoms with van der Waals surface area (Å²) in [4.78, 5) is 10.9. The molecule has 1 saturated carbocycles. The van der Waals surface area contributed by atoms with Crippen LogP contribution >= 0.6 is 0 Å². The largest absolute Gasteiger partial charge is 0.392 e. The fourth-order valence-electron chi connectivity index (χ4n) is 0.738. The molecule has 1 aliphatic carbocycles. The Morgan fingerprint density at radius 3 is 2.80 bits per heavy atom. The van der Waals surface area contributed by atoms with E-state index in [9.17, 15) is 4.79 Å². The van der Waals surface area contributed by atoms with E-state index in [1.807, 2.05) is 0 Å². The Morgan fingerprint density at radius 2 is 2.40 bits per heavy atom. The third-order valence-corrected chi connectivity index (χ3v) is 1.52. The number of nitrogens with one attached hydrogen (secondary N) is 1. The SMILES string of the molecule is C[C@@H](O)CNC(=O)C1CC1. The van der Waals surface area contributed by atoms with E-state index in [-0.39, 0.29) is 11.8 Å². The van der Waals surface area contributed by atoms with Gasteiger partial charge >= 0.3 is 0 Å². The molecule has 2 N–H and O–H groups in total. The van der Waals surface area contributed by atoms with Crippen LogP contribution < -0.4 is 5.32 Å². The van der Waals surface area contributed by atoms with Crippen LogP contribution in [0.4, 0.5) is 0 Å². The molecule has 0 aromatic carbocycles. The summed E-state index contributed by atoms with van der Waals surface area (Å²) in [5.41, 5.74) is 0. The molecule has 1 atom stereocenters. The van der Waals surface area contributed by atoms with Gasteiger partial charge in [0.25, 0.3) is 0 Å². The van der Waals surface area contributed by atoms with Crippen molar-refractivity contribution in [2.75, 3.05) is 6.54 Å². The van der Waals surface area contributed by atoms with Gasteiger partial charge in [-0.15, -0.1) is 0 Å². The van der Waals surface area contributed by atoms with Crippen molar-refractivity contribution in [2.45, 2.75) is 25.9 Å². The van der Waals surface area contributed by atoms with Gasteiger partial charge in [0.1, 0.15) is 0 Å². The highest BCUT2D eigenvalue weighted by molar-refractivity contribution is 5.80. The number of rotatable bonds is 3. The molecule has 3 heteroatoms. The predicted octanol–water partition coefficient (Wildman–Crippen LogP) is -0.107. The number of carbonyl (C=O) groups is 1. The second-order valence-electron chi connectivity index (χ2n) is 2.87. The van der Waals surface area contributed by atoms with Crippen molar-refractivity contribution in [1.82, 2.24) is 5.32 Å². The Kier molecular flexibility index (Phi) is 2.27. The summed E-state index contributed by atoms with van der Waals surface area (Å²) in [6.45, 7) is 2.04. The normalized spacial score (nSPS) is 20.2. The van der Waals surface area contributed by atoms with Gasteiger partial charge in [-0.1, -0.05) is 0 Å². The Labute approximate surface area is 60.4 Å². The molecule has 0 spiro atoms. The summed E-state index contributed by atoms with van der Waals surface area (Å²) in [5, 5.41) is 11.4. The lowest BCUT2D eigenvalue weighted by Crippen LogP contribution is -2.31. The van der Waals surface area contributed by atoms with Crippen LogP contribution in [0.3, 0.4) is 0 Å². The molecule has 10 heavy (non-hydrogen) atoms. The van der Waals surface area contributed by atoms with Gasteiger partial charge in [0.05, 0.1) is 6.10 Å². The van der Waals surface area contributed by atoms with Gasteiger partial charge in [0.15, 0.2) is 0 Å². The molecule has 0 aliphatic heterocycles. The highest BCUT2D eigenvalue weighted by Gasteiger charge is 2.29. The predicted molar refractivity (Wildman–Crippen MR) is 37.4 cm³/mol. The van der Waals surface area contributed by atoms with E-state index in [0.717, 1.165) is 12.8 Å². The summed E-state index contributed by atoms with van der Waals surface area (Å²) in [5.74, 6) is 0.347. The number of aliphatic hydroxyl groups excluding tert-OH is 1. The summed E-state index contributed by atoms with van der Waals surface area (Å²) < 4.78 is 0. The van der Waals surface area contributed by atoms with Crippen molar-refractivity contribution in [3.8, 4) is 0 Å². The summed E-state index contributed by atoms with van der Waals surface area (Å²) in [6.07, 6.45) is 1.61. The Balaban J connectivity index is 2.06. The monoisotopic (exact) mass is 143 g/mol. The van der Waals surface area contributed by atoms with E-state index in [1.165, 1.54) is 0 Å². The van der Waals surface area contributed by atoms with Gasteiger partial charge in [-0.05, 0) is 19.8 Å². The molecule has 0 aromatic rings. The topological polar surface area (TPSA) is 49.3 Å². The fourth-order valence-corrected chi connectivity index (χ4v) is 0.738. The standard InChI is InChI=1S/C7H13NO2/c1-5(9)4-8-7(10)6-2-3-6/h5-6,9H,2-4H2,1H3,(H,8,10)/t5-/m1/s1. The summed E-state index contributed by atoms with van der Waals surface area (Å²) in [7, 11) is 0. The van der Waals surface area contributed by atoms with Crippen molar-refractivity contribution in [3.05, 3.63) is 0 Å². The molecular weight excluding hydrogens is 130 g/mol. The van der Waals surface area contributed by atoms with Crippen LogP contribution in [0.15, 0.2) is 0 Å². The van der Waals surface area contributed by atoms with E-state index < -0.39 is 6.10 Å². The maximum absolute atomic E-state index is 10.9. The van der Waals surface area contributed by atoms with Crippen LogP contribution in [0.5, 0.6) is 0 Å². The third-order valence-electron chi connectivity index (χ3n) is 1.52. The van der Waals surface area contributed by atoms with E-state index in [0.29, 0.717) is 6.54 Å². The minimum absolute atomic E-state index is 0.0981. The number of carbonyl (C=O) groups excluding carboxylic acids is 1. The first-order valence-electron chi connectivity index (χ1n) is 3.66. The molecule has 1 aliphatic rings. The lowest BCUT2D eigenvalue weighted by Gasteiger charge is -2.04. The first-order valence-corrected chi connectivity index (χ1v) is 3.66. The zero-order valence-corrected chi connectivity index (χ0v) is 6.13. The number of hydrogen-bond donors (Lipinski definition) is 2. The van der Waals surface area contributed by atoms with Crippen LogP contribution in [-0.2, 0) is 4.79 Å². The molecule has 0 unspecified atom stereocenters. The molecule has 0 aromatic heterocycles. The van der Waals surface area contributed by atoms with Gasteiger partial charge in [-0.3, -0.25) is 4.79 Å². The quantitative estimate of drug-likeness (QED) is 0.579. The van der Waals surface area contributed by atoms with Crippen LogP contribution in [-0.4, -0.2) is 23.7 Å². The van der Waals surface area contributed by atoms with Gasteiger partial charge in [0, 0.05) is 12.5 Å². The van der Waals surface area contributed by atoms with E-state index in [4.69, 9.17) is 5.11 Å². The zero-order chi connectivity index (χ0) is 7.56. The van der Waals surface area contributed by atoms with Gasteiger partial charge in [0.2, 0.25) is 5.91 Å². The maximum atomic E-state index is 10.9. The maximum Gasteiger partial charge on any atom is 0.223 e. The molecule has 1 fully saturated rings. The number of hydrogen-bond acceptors (Lipinski definition) is 2. The second-order valence-corrected chi connectivity index (χ2v) is 2.87. The highest BCUT2D eigenvalue weighted by Crippen LogP contribution is 2.28. The van der Waals surface area contributed by atoms with Crippen molar-refractivity contribution < 1.29 is 9.90 Å². The highest BCUT2D eigenvalue weighted by atomic mass is 16.3. The molecule has 0 bridgehead atoms. The lowest BCUT2D eigenvalue weighted by molar-refractivity contribution is -0.122. The summed E-state index contributed by atoms with van der Waals surface area (Å²) in [6, 6.07) is 0. The van der Waals surface area contributed by atoms with E-state index >= 15 is 0 Å². The summed E-state index contributed by atoms with van der Waals surface area (Å²) >= 11 is 0. The Hall–Kier alpha value is -0.570. The molecule has 0 radical (unpaired) electrons. The van der Waals surface area contributed by atoms with Crippen molar-refractivity contribution in [2.24, 2.45) is 5.92 Å². The fraction of sp³-hybridized carbons (Fsp3) is 0.857. The van der Waals surface area contributed by atoms with Crippen LogP contribution in [0.2, 0.25) is 0 Å². The van der Waals surface area contributed by atoms with E-state index in [1.54, 1.807) is 6.92 Å². The van der Waals surface area contributed by atoms with Crippen LogP contribution in [0.1, 0.15) is 19.8 Å². The third kappa shape index (κ3) is 2.35. The molecule has 0 saturated heterocycles. The van der Waals surface area contributed by atoms with Crippen LogP contribution in [0.25, 0.3) is 0 Å². The van der Waals surface area contributed by atoms with Crippen molar-refractivity contribution in [3.63, 3.8) is 0 Å². The van der Waals surface area contributed by atoms with Crippen molar-refractivity contribution >= 4 is 5.91 Å². The smallest absolute Gasteiger partial charge is 0.223 e. The van der Waals surface area contributed by atoms with Gasteiger partial charge in [-0.25, -0.2) is 0 Å². The first kappa shape index (κ1) is 7.54. The second kappa shape index (κ2) is 3.01. The van der Waals surface area contributed by atoms with Gasteiger partial charge in [-0.2, -0.15) is 0 Å². The van der Waals surface area contributed by atoms with Gasteiger partial charge < -0.3 is 10.4 Å². The molecular formula is C7H13NO2. The molecule has 58 valence electrons. The number of aliphatic hydroxyl groups is 1. The molecule has 0 heterocycles. The first-order chi connectivity index (χ1) is 4.70. The minimum Gasteiger partial charge on any atom is -0.392 e.